The number of H-pyrrole nitrogens is 1. The summed E-state index contributed by atoms with van der Waals surface area (Å²) in [6.07, 6.45) is 2.60. The van der Waals surface area contributed by atoms with Crippen molar-refractivity contribution in [2.75, 3.05) is 17.7 Å². The lowest BCUT2D eigenvalue weighted by molar-refractivity contribution is -0.119. The number of benzene rings is 2. The van der Waals surface area contributed by atoms with Crippen LogP contribution in [0.25, 0.3) is 16.9 Å². The average molecular weight is 595 g/mol. The second-order valence-electron chi connectivity index (χ2n) is 9.91. The Morgan fingerprint density at radius 1 is 1.21 bits per heavy atom. The van der Waals surface area contributed by atoms with Crippen molar-refractivity contribution in [3.05, 3.63) is 70.6 Å². The summed E-state index contributed by atoms with van der Waals surface area (Å²) in [5, 5.41) is 16.4. The van der Waals surface area contributed by atoms with Crippen LogP contribution in [0.15, 0.2) is 42.6 Å². The minimum Gasteiger partial charge on any atom is -0.453 e. The molecule has 0 saturated carbocycles. The fraction of sp³-hybridized carbons (Fsp3) is 0.286. The number of imidazole rings is 1. The molecule has 42 heavy (non-hydrogen) atoms. The maximum absolute atomic E-state index is 14.6. The second-order valence-corrected chi connectivity index (χ2v) is 10.3. The molecule has 3 heterocycles. The monoisotopic (exact) mass is 594 g/mol. The molecule has 2 aromatic heterocycles. The SMILES string of the molecule is COC(=O)Nc1ccc2c(c1)NC(=O)[C@H](C)CCC[C@H](NC(=O)c1nnn(-c3cccc(Cl)c3F)c1C)c1ncc-2[nH]1. The smallest absolute Gasteiger partial charge is 0.411 e. The Hall–Kier alpha value is -4.78. The molecule has 2 atom stereocenters. The summed E-state index contributed by atoms with van der Waals surface area (Å²) in [4.78, 5) is 45.9. The highest BCUT2D eigenvalue weighted by atomic mass is 35.5. The molecule has 1 aliphatic rings. The zero-order chi connectivity index (χ0) is 30.0. The van der Waals surface area contributed by atoms with Crippen LogP contribution in [0, 0.1) is 18.7 Å². The summed E-state index contributed by atoms with van der Waals surface area (Å²) >= 11 is 5.92. The van der Waals surface area contributed by atoms with Gasteiger partial charge in [0.05, 0.1) is 41.4 Å². The maximum Gasteiger partial charge on any atom is 0.411 e. The first-order chi connectivity index (χ1) is 20.2. The number of rotatable bonds is 4. The van der Waals surface area contributed by atoms with Crippen LogP contribution in [-0.2, 0) is 9.53 Å². The van der Waals surface area contributed by atoms with E-state index in [9.17, 15) is 18.8 Å². The van der Waals surface area contributed by atoms with Crippen molar-refractivity contribution >= 4 is 40.9 Å². The van der Waals surface area contributed by atoms with E-state index in [4.69, 9.17) is 11.6 Å². The van der Waals surface area contributed by atoms with Gasteiger partial charge in [0.25, 0.3) is 5.91 Å². The Kier molecular flexibility index (Phi) is 8.20. The van der Waals surface area contributed by atoms with E-state index in [1.54, 1.807) is 37.4 Å². The predicted octanol–water partition coefficient (Wildman–Crippen LogP) is 5.17. The Morgan fingerprint density at radius 2 is 2.02 bits per heavy atom. The number of nitrogens with one attached hydrogen (secondary N) is 4. The molecular weight excluding hydrogens is 567 g/mol. The normalized spacial score (nSPS) is 16.8. The first kappa shape index (κ1) is 28.7. The van der Waals surface area contributed by atoms with Gasteiger partial charge in [0.15, 0.2) is 11.5 Å². The van der Waals surface area contributed by atoms with Crippen molar-refractivity contribution in [3.63, 3.8) is 0 Å². The van der Waals surface area contributed by atoms with Crippen molar-refractivity contribution in [2.24, 2.45) is 5.92 Å². The number of methoxy groups -OCH3 is 1. The third-order valence-electron chi connectivity index (χ3n) is 7.08. The van der Waals surface area contributed by atoms with Gasteiger partial charge in [0, 0.05) is 17.2 Å². The van der Waals surface area contributed by atoms with Gasteiger partial charge in [-0.25, -0.2) is 18.9 Å². The van der Waals surface area contributed by atoms with Crippen molar-refractivity contribution in [1.82, 2.24) is 30.3 Å². The predicted molar refractivity (Wildman–Crippen MR) is 153 cm³/mol. The number of carbonyl (C=O) groups is 3. The molecule has 2 bridgehead atoms. The molecule has 1 aliphatic heterocycles. The number of hydrogen-bond acceptors (Lipinski definition) is 7. The van der Waals surface area contributed by atoms with Crippen LogP contribution >= 0.6 is 11.6 Å². The number of aromatic nitrogens is 5. The topological polar surface area (TPSA) is 156 Å². The zero-order valence-electron chi connectivity index (χ0n) is 23.0. The Labute approximate surface area is 245 Å². The quantitative estimate of drug-likeness (QED) is 0.254. The lowest BCUT2D eigenvalue weighted by atomic mass is 9.99. The van der Waals surface area contributed by atoms with E-state index < -0.39 is 23.9 Å². The first-order valence-electron chi connectivity index (χ1n) is 13.2. The third-order valence-corrected chi connectivity index (χ3v) is 7.37. The van der Waals surface area contributed by atoms with Crippen LogP contribution in [0.5, 0.6) is 0 Å². The van der Waals surface area contributed by atoms with Gasteiger partial charge in [-0.2, -0.15) is 0 Å². The van der Waals surface area contributed by atoms with Crippen LogP contribution < -0.4 is 16.0 Å². The lowest BCUT2D eigenvalue weighted by Crippen LogP contribution is -2.30. The van der Waals surface area contributed by atoms with Crippen LogP contribution in [0.4, 0.5) is 20.6 Å². The molecular formula is C28H28ClFN8O4. The van der Waals surface area contributed by atoms with Gasteiger partial charge < -0.3 is 20.4 Å². The van der Waals surface area contributed by atoms with Gasteiger partial charge in [-0.15, -0.1) is 5.10 Å². The number of halogens is 2. The molecule has 12 nitrogen and oxygen atoms in total. The molecule has 0 saturated heterocycles. The summed E-state index contributed by atoms with van der Waals surface area (Å²) in [5.74, 6) is -1.20. The van der Waals surface area contributed by atoms with Gasteiger partial charge in [0.2, 0.25) is 5.91 Å². The molecule has 0 unspecified atom stereocenters. The average Bonchev–Trinajstić information content (AvgIpc) is 3.60. The summed E-state index contributed by atoms with van der Waals surface area (Å²) < 4.78 is 20.5. The molecule has 5 rings (SSSR count). The summed E-state index contributed by atoms with van der Waals surface area (Å²) in [7, 11) is 1.26. The summed E-state index contributed by atoms with van der Waals surface area (Å²) in [6.45, 7) is 3.44. The highest BCUT2D eigenvalue weighted by Crippen LogP contribution is 2.33. The molecule has 0 fully saturated rings. The van der Waals surface area contributed by atoms with Crippen molar-refractivity contribution in [3.8, 4) is 16.9 Å². The van der Waals surface area contributed by atoms with E-state index in [1.807, 2.05) is 6.92 Å². The number of ether oxygens (including phenoxy) is 1. The molecule has 0 spiro atoms. The van der Waals surface area contributed by atoms with Gasteiger partial charge in [-0.05, 0) is 50.1 Å². The van der Waals surface area contributed by atoms with Crippen molar-refractivity contribution in [1.29, 1.82) is 0 Å². The van der Waals surface area contributed by atoms with Crippen LogP contribution in [0.1, 0.15) is 54.2 Å². The number of anilines is 2. The van der Waals surface area contributed by atoms with E-state index in [0.717, 1.165) is 0 Å². The number of aromatic amines is 1. The highest BCUT2D eigenvalue weighted by Gasteiger charge is 2.26. The van der Waals surface area contributed by atoms with Gasteiger partial charge in [-0.1, -0.05) is 36.2 Å². The Balaban J connectivity index is 1.45. The highest BCUT2D eigenvalue weighted by molar-refractivity contribution is 6.30. The fourth-order valence-corrected chi connectivity index (χ4v) is 4.89. The second kappa shape index (κ2) is 12.0. The van der Waals surface area contributed by atoms with Crippen LogP contribution in [0.2, 0.25) is 5.02 Å². The number of hydrogen-bond donors (Lipinski definition) is 4. The van der Waals surface area contributed by atoms with Gasteiger partial charge in [-0.3, -0.25) is 14.9 Å². The van der Waals surface area contributed by atoms with Gasteiger partial charge in [0.1, 0.15) is 11.5 Å². The van der Waals surface area contributed by atoms with E-state index in [1.165, 1.54) is 23.9 Å². The molecule has 4 aromatic rings. The Bertz CT molecular complexity index is 1670. The molecule has 0 radical (unpaired) electrons. The number of amides is 3. The third kappa shape index (κ3) is 5.81. The fourth-order valence-electron chi connectivity index (χ4n) is 4.72. The number of fused-ring (bicyclic) bond motifs is 4. The molecule has 3 amide bonds. The van der Waals surface area contributed by atoms with Crippen LogP contribution in [0.3, 0.4) is 0 Å². The standard InChI is InChI=1S/C28H28ClFN8O4/c1-14-6-4-8-19(34-27(40)24-15(2)38(37-36-24)22-9-5-7-18(29)23(22)30)25-31-13-21(33-25)17-11-10-16(32-28(41)42-3)12-20(17)35-26(14)39/h5,7,9-14,19H,4,6,8H2,1-3H3,(H,31,33)(H,32,41)(H,34,40)(H,35,39)/t14-,19+/m1/s1. The number of nitrogens with zero attached hydrogens (tertiary/aromatic N) is 4. The zero-order valence-corrected chi connectivity index (χ0v) is 23.8. The van der Waals surface area contributed by atoms with Crippen molar-refractivity contribution < 1.29 is 23.5 Å². The number of carbonyl (C=O) groups excluding carboxylic acids is 3. The maximum atomic E-state index is 14.6. The largest absolute Gasteiger partial charge is 0.453 e. The van der Waals surface area contributed by atoms with E-state index >= 15 is 0 Å². The van der Waals surface area contributed by atoms with Crippen LogP contribution in [-0.4, -0.2) is 50.0 Å². The molecule has 4 N–H and O–H groups in total. The Morgan fingerprint density at radius 3 is 2.81 bits per heavy atom. The van der Waals surface area contributed by atoms with Crippen molar-refractivity contribution in [2.45, 2.75) is 39.2 Å². The van der Waals surface area contributed by atoms with E-state index in [2.05, 4.69) is 41.0 Å². The molecule has 14 heteroatoms. The lowest BCUT2D eigenvalue weighted by Gasteiger charge is -2.20. The summed E-state index contributed by atoms with van der Waals surface area (Å²) in [6, 6.07) is 8.99. The van der Waals surface area contributed by atoms with E-state index in [0.29, 0.717) is 53.4 Å². The molecule has 2 aromatic carbocycles. The van der Waals surface area contributed by atoms with E-state index in [-0.39, 0.29) is 28.2 Å². The first-order valence-corrected chi connectivity index (χ1v) is 13.6. The summed E-state index contributed by atoms with van der Waals surface area (Å²) in [5.41, 5.74) is 2.57. The molecule has 218 valence electrons. The minimum atomic E-state index is -0.673. The minimum absolute atomic E-state index is 0.0241. The van der Waals surface area contributed by atoms with Gasteiger partial charge >= 0.3 is 6.09 Å². The molecule has 0 aliphatic carbocycles.